The van der Waals surface area contributed by atoms with Crippen molar-refractivity contribution in [3.05, 3.63) is 108 Å². The molecule has 134 valence electrons. The van der Waals surface area contributed by atoms with E-state index in [-0.39, 0.29) is 6.61 Å². The van der Waals surface area contributed by atoms with Gasteiger partial charge in [0.2, 0.25) is 0 Å². The monoisotopic (exact) mass is 347 g/mol. The predicted octanol–water partition coefficient (Wildman–Crippen LogP) is 3.70. The molecule has 0 spiro atoms. The fourth-order valence-electron chi connectivity index (χ4n) is 3.27. The molecular weight excluding hydrogens is 322 g/mol. The molecule has 3 N–H and O–H groups in total. The molecule has 3 rings (SSSR count). The highest BCUT2D eigenvalue weighted by Gasteiger charge is 2.37. The average Bonchev–Trinajstić information content (AvgIpc) is 2.71. The maximum Gasteiger partial charge on any atom is 0.143 e. The Hall–Kier alpha value is -2.46. The second kappa shape index (κ2) is 8.77. The fourth-order valence-corrected chi connectivity index (χ4v) is 3.27. The van der Waals surface area contributed by atoms with Crippen molar-refractivity contribution in [3.63, 3.8) is 0 Å². The van der Waals surface area contributed by atoms with Gasteiger partial charge in [0.15, 0.2) is 0 Å². The van der Waals surface area contributed by atoms with Crippen molar-refractivity contribution in [1.82, 2.24) is 0 Å². The number of rotatable bonds is 8. The smallest absolute Gasteiger partial charge is 0.143 e. The van der Waals surface area contributed by atoms with Gasteiger partial charge in [-0.15, -0.1) is 0 Å². The van der Waals surface area contributed by atoms with Crippen LogP contribution in [-0.2, 0) is 10.3 Å². The van der Waals surface area contributed by atoms with E-state index in [9.17, 15) is 5.11 Å². The molecule has 1 atom stereocenters. The summed E-state index contributed by atoms with van der Waals surface area (Å²) in [5, 5.41) is 10.2. The van der Waals surface area contributed by atoms with Crippen LogP contribution in [0.15, 0.2) is 91.0 Å². The molecule has 0 aliphatic carbocycles. The minimum Gasteiger partial charge on any atom is -0.391 e. The van der Waals surface area contributed by atoms with Crippen LogP contribution in [0, 0.1) is 0 Å². The highest BCUT2D eigenvalue weighted by molar-refractivity contribution is 5.47. The molecule has 0 bridgehead atoms. The molecule has 3 nitrogen and oxygen atoms in total. The van der Waals surface area contributed by atoms with Crippen molar-refractivity contribution in [2.45, 2.75) is 18.1 Å². The van der Waals surface area contributed by atoms with Crippen LogP contribution in [0.4, 0.5) is 0 Å². The summed E-state index contributed by atoms with van der Waals surface area (Å²) in [4.78, 5) is 0. The zero-order chi connectivity index (χ0) is 18.2. The largest absolute Gasteiger partial charge is 0.391 e. The quantitative estimate of drug-likeness (QED) is 0.611. The first-order valence-corrected chi connectivity index (χ1v) is 8.96. The Labute approximate surface area is 155 Å². The summed E-state index contributed by atoms with van der Waals surface area (Å²) in [6.07, 6.45) is -0.0930. The van der Waals surface area contributed by atoms with Gasteiger partial charge in [0.25, 0.3) is 0 Å². The van der Waals surface area contributed by atoms with E-state index in [2.05, 4.69) is 36.4 Å². The van der Waals surface area contributed by atoms with E-state index in [1.807, 2.05) is 54.6 Å². The number of ether oxygens (including phenoxy) is 1. The molecule has 0 aromatic heterocycles. The Kier molecular flexibility index (Phi) is 6.18. The van der Waals surface area contributed by atoms with Gasteiger partial charge >= 0.3 is 0 Å². The van der Waals surface area contributed by atoms with Gasteiger partial charge in [-0.25, -0.2) is 0 Å². The van der Waals surface area contributed by atoms with Crippen molar-refractivity contribution in [2.24, 2.45) is 5.73 Å². The Morgan fingerprint density at radius 2 is 1.12 bits per heavy atom. The highest BCUT2D eigenvalue weighted by atomic mass is 16.5. The van der Waals surface area contributed by atoms with Gasteiger partial charge in [0.1, 0.15) is 5.60 Å². The molecule has 3 aromatic rings. The Morgan fingerprint density at radius 3 is 1.46 bits per heavy atom. The first-order valence-electron chi connectivity index (χ1n) is 8.96. The number of benzene rings is 3. The van der Waals surface area contributed by atoms with Gasteiger partial charge in [-0.1, -0.05) is 91.0 Å². The third-order valence-electron chi connectivity index (χ3n) is 4.53. The van der Waals surface area contributed by atoms with E-state index in [4.69, 9.17) is 10.5 Å². The minimum atomic E-state index is -0.792. The molecule has 0 amide bonds. The molecule has 3 heteroatoms. The SMILES string of the molecule is NCC[C@@H](O)COC(c1ccccc1)(c1ccccc1)c1ccccc1. The normalized spacial score (nSPS) is 12.7. The van der Waals surface area contributed by atoms with Gasteiger partial charge in [0, 0.05) is 0 Å². The number of nitrogens with two attached hydrogens (primary N) is 1. The minimum absolute atomic E-state index is 0.204. The van der Waals surface area contributed by atoms with Crippen molar-refractivity contribution < 1.29 is 9.84 Å². The molecule has 0 unspecified atom stereocenters. The lowest BCUT2D eigenvalue weighted by atomic mass is 9.80. The predicted molar refractivity (Wildman–Crippen MR) is 105 cm³/mol. The second-order valence-corrected chi connectivity index (χ2v) is 6.32. The molecular formula is C23H25NO2. The van der Waals surface area contributed by atoms with E-state index < -0.39 is 11.7 Å². The van der Waals surface area contributed by atoms with Crippen LogP contribution < -0.4 is 5.73 Å². The standard InChI is InChI=1S/C23H25NO2/c24-17-16-22(25)18-26-23(19-10-4-1-5-11-19,20-12-6-2-7-13-20)21-14-8-3-9-15-21/h1-15,22,25H,16-18,24H2/t22-/m1/s1. The summed E-state index contributed by atoms with van der Waals surface area (Å²) in [5.74, 6) is 0. The van der Waals surface area contributed by atoms with Crippen molar-refractivity contribution >= 4 is 0 Å². The van der Waals surface area contributed by atoms with E-state index in [1.165, 1.54) is 0 Å². The van der Waals surface area contributed by atoms with Crippen LogP contribution >= 0.6 is 0 Å². The van der Waals surface area contributed by atoms with Crippen LogP contribution in [-0.4, -0.2) is 24.4 Å². The number of aliphatic hydroxyl groups is 1. The van der Waals surface area contributed by atoms with Crippen LogP contribution in [0.2, 0.25) is 0 Å². The van der Waals surface area contributed by atoms with Crippen LogP contribution in [0.25, 0.3) is 0 Å². The molecule has 0 heterocycles. The summed E-state index contributed by atoms with van der Waals surface area (Å²) in [7, 11) is 0. The lowest BCUT2D eigenvalue weighted by molar-refractivity contribution is -0.0392. The van der Waals surface area contributed by atoms with E-state index >= 15 is 0 Å². The maximum absolute atomic E-state index is 10.2. The summed E-state index contributed by atoms with van der Waals surface area (Å²) in [6, 6.07) is 30.4. The lowest BCUT2D eigenvalue weighted by Crippen LogP contribution is -2.36. The molecule has 0 aliphatic heterocycles. The first kappa shape index (κ1) is 18.3. The average molecular weight is 347 g/mol. The number of hydrogen-bond acceptors (Lipinski definition) is 3. The molecule has 3 aromatic carbocycles. The van der Waals surface area contributed by atoms with Crippen molar-refractivity contribution in [3.8, 4) is 0 Å². The maximum atomic E-state index is 10.2. The summed E-state index contributed by atoms with van der Waals surface area (Å²) < 4.78 is 6.50. The van der Waals surface area contributed by atoms with Gasteiger partial charge < -0.3 is 15.6 Å². The van der Waals surface area contributed by atoms with Crippen LogP contribution in [0.3, 0.4) is 0 Å². The van der Waals surface area contributed by atoms with Gasteiger partial charge in [-0.3, -0.25) is 0 Å². The summed E-state index contributed by atoms with van der Waals surface area (Å²) in [6.45, 7) is 0.634. The van der Waals surface area contributed by atoms with Gasteiger partial charge in [-0.2, -0.15) is 0 Å². The highest BCUT2D eigenvalue weighted by Crippen LogP contribution is 2.40. The third kappa shape index (κ3) is 3.86. The third-order valence-corrected chi connectivity index (χ3v) is 4.53. The Morgan fingerprint density at radius 1 is 0.731 bits per heavy atom. The van der Waals surface area contributed by atoms with E-state index in [0.29, 0.717) is 13.0 Å². The molecule has 0 radical (unpaired) electrons. The lowest BCUT2D eigenvalue weighted by Gasteiger charge is -2.36. The first-order chi connectivity index (χ1) is 12.8. The van der Waals surface area contributed by atoms with E-state index in [1.54, 1.807) is 0 Å². The van der Waals surface area contributed by atoms with Crippen LogP contribution in [0.1, 0.15) is 23.1 Å². The van der Waals surface area contributed by atoms with Gasteiger partial charge in [0.05, 0.1) is 12.7 Å². The molecule has 0 aliphatic rings. The van der Waals surface area contributed by atoms with Gasteiger partial charge in [-0.05, 0) is 29.7 Å². The fraction of sp³-hybridized carbons (Fsp3) is 0.217. The van der Waals surface area contributed by atoms with Crippen molar-refractivity contribution in [1.29, 1.82) is 0 Å². The van der Waals surface area contributed by atoms with Crippen molar-refractivity contribution in [2.75, 3.05) is 13.2 Å². The van der Waals surface area contributed by atoms with E-state index in [0.717, 1.165) is 16.7 Å². The summed E-state index contributed by atoms with van der Waals surface area (Å²) >= 11 is 0. The Balaban J connectivity index is 2.15. The number of hydrogen-bond donors (Lipinski definition) is 2. The topological polar surface area (TPSA) is 55.5 Å². The molecule has 0 saturated carbocycles. The summed E-state index contributed by atoms with van der Waals surface area (Å²) in [5.41, 5.74) is 7.87. The molecule has 0 fully saturated rings. The number of aliphatic hydroxyl groups excluding tert-OH is 1. The zero-order valence-corrected chi connectivity index (χ0v) is 14.8. The van der Waals surface area contributed by atoms with Crippen LogP contribution in [0.5, 0.6) is 0 Å². The molecule has 0 saturated heterocycles. The zero-order valence-electron chi connectivity index (χ0n) is 14.8. The molecule has 26 heavy (non-hydrogen) atoms. The Bertz CT molecular complexity index is 678. The second-order valence-electron chi connectivity index (χ2n) is 6.32.